The molecule has 0 unspecified atom stereocenters. The maximum absolute atomic E-state index is 11.5. The van der Waals surface area contributed by atoms with Crippen molar-refractivity contribution in [3.63, 3.8) is 0 Å². The molecular formula is C21H34O3. The van der Waals surface area contributed by atoms with Gasteiger partial charge in [-0.2, -0.15) is 0 Å². The summed E-state index contributed by atoms with van der Waals surface area (Å²) in [5.74, 6) is -0.412. The molecule has 0 radical (unpaired) electrons. The van der Waals surface area contributed by atoms with Gasteiger partial charge in [0.1, 0.15) is 6.61 Å². The second-order valence-electron chi connectivity index (χ2n) is 6.46. The second-order valence-corrected chi connectivity index (χ2v) is 6.46. The third-order valence-electron chi connectivity index (χ3n) is 3.67. The first-order chi connectivity index (χ1) is 11.4. The number of esters is 1. The van der Waals surface area contributed by atoms with Gasteiger partial charge in [0.15, 0.2) is 0 Å². The van der Waals surface area contributed by atoms with Crippen molar-refractivity contribution in [2.45, 2.75) is 66.2 Å². The van der Waals surface area contributed by atoms with E-state index < -0.39 is 5.97 Å². The lowest BCUT2D eigenvalue weighted by Gasteiger charge is -2.05. The van der Waals surface area contributed by atoms with E-state index in [0.29, 0.717) is 12.0 Å². The molecule has 0 atom stereocenters. The molecule has 0 aliphatic rings. The molecule has 0 aromatic rings. The van der Waals surface area contributed by atoms with E-state index in [1.165, 1.54) is 16.7 Å². The van der Waals surface area contributed by atoms with Crippen LogP contribution in [0.5, 0.6) is 0 Å². The van der Waals surface area contributed by atoms with Crippen molar-refractivity contribution < 1.29 is 14.6 Å². The average Bonchev–Trinajstić information content (AvgIpc) is 2.52. The first-order valence-corrected chi connectivity index (χ1v) is 8.77. The van der Waals surface area contributed by atoms with Crippen molar-refractivity contribution >= 4 is 5.97 Å². The Morgan fingerprint density at radius 3 is 1.92 bits per heavy atom. The summed E-state index contributed by atoms with van der Waals surface area (Å²) in [5.41, 5.74) is 4.62. The van der Waals surface area contributed by atoms with Gasteiger partial charge in [0.05, 0.1) is 6.61 Å². The number of aliphatic hydroxyl groups excluding tert-OH is 1. The summed E-state index contributed by atoms with van der Waals surface area (Å²) in [4.78, 5) is 11.5. The Labute approximate surface area is 147 Å². The molecule has 3 heteroatoms. The van der Waals surface area contributed by atoms with Crippen LogP contribution in [0.15, 0.2) is 47.1 Å². The van der Waals surface area contributed by atoms with Crippen molar-refractivity contribution in [1.82, 2.24) is 0 Å². The van der Waals surface area contributed by atoms with E-state index in [1.54, 1.807) is 0 Å². The van der Waals surface area contributed by atoms with Gasteiger partial charge >= 0.3 is 5.97 Å². The summed E-state index contributed by atoms with van der Waals surface area (Å²) in [7, 11) is 0. The Morgan fingerprint density at radius 2 is 1.42 bits per heavy atom. The van der Waals surface area contributed by atoms with Gasteiger partial charge < -0.3 is 9.84 Å². The predicted molar refractivity (Wildman–Crippen MR) is 102 cm³/mol. The van der Waals surface area contributed by atoms with Crippen LogP contribution in [0, 0.1) is 0 Å². The zero-order valence-corrected chi connectivity index (χ0v) is 15.9. The summed E-state index contributed by atoms with van der Waals surface area (Å²) in [5, 5.41) is 8.62. The second kappa shape index (κ2) is 13.8. The number of allylic oxidation sites excluding steroid dienone is 6. The van der Waals surface area contributed by atoms with Crippen LogP contribution in [-0.4, -0.2) is 24.3 Å². The molecule has 24 heavy (non-hydrogen) atoms. The van der Waals surface area contributed by atoms with Gasteiger partial charge in [0.2, 0.25) is 0 Å². The SMILES string of the molecule is C=C(CCC=C(C)CCC=C(C)CCC=C(C)C)C(=O)OCCO. The van der Waals surface area contributed by atoms with Crippen molar-refractivity contribution in [3.8, 4) is 0 Å². The van der Waals surface area contributed by atoms with Gasteiger partial charge in [-0.05, 0) is 66.2 Å². The number of aliphatic hydroxyl groups is 1. The van der Waals surface area contributed by atoms with Gasteiger partial charge in [-0.3, -0.25) is 0 Å². The molecule has 0 saturated heterocycles. The molecule has 136 valence electrons. The fraction of sp³-hybridized carbons (Fsp3) is 0.571. The number of ether oxygens (including phenoxy) is 1. The molecule has 0 aliphatic heterocycles. The van der Waals surface area contributed by atoms with Gasteiger partial charge in [-0.25, -0.2) is 4.79 Å². The number of rotatable bonds is 12. The molecule has 0 heterocycles. The lowest BCUT2D eigenvalue weighted by molar-refractivity contribution is -0.140. The van der Waals surface area contributed by atoms with E-state index in [1.807, 2.05) is 0 Å². The summed E-state index contributed by atoms with van der Waals surface area (Å²) in [6.07, 6.45) is 12.5. The van der Waals surface area contributed by atoms with E-state index in [0.717, 1.165) is 32.1 Å². The number of carbonyl (C=O) groups excluding carboxylic acids is 1. The highest BCUT2D eigenvalue weighted by Crippen LogP contribution is 2.13. The number of carbonyl (C=O) groups is 1. The van der Waals surface area contributed by atoms with Gasteiger partial charge in [0, 0.05) is 5.57 Å². The third kappa shape index (κ3) is 12.9. The van der Waals surface area contributed by atoms with Crippen LogP contribution in [0.25, 0.3) is 0 Å². The Balaban J connectivity index is 4.00. The number of hydrogen-bond acceptors (Lipinski definition) is 3. The molecule has 0 rings (SSSR count). The van der Waals surface area contributed by atoms with E-state index in [2.05, 4.69) is 52.5 Å². The molecule has 0 fully saturated rings. The van der Waals surface area contributed by atoms with E-state index in [-0.39, 0.29) is 13.2 Å². The highest BCUT2D eigenvalue weighted by Gasteiger charge is 2.06. The van der Waals surface area contributed by atoms with Crippen molar-refractivity contribution in [1.29, 1.82) is 0 Å². The summed E-state index contributed by atoms with van der Waals surface area (Å²) >= 11 is 0. The Kier molecular flexibility index (Phi) is 12.9. The zero-order valence-electron chi connectivity index (χ0n) is 15.9. The van der Waals surface area contributed by atoms with Crippen LogP contribution in [0.4, 0.5) is 0 Å². The summed E-state index contributed by atoms with van der Waals surface area (Å²) in [6.45, 7) is 12.2. The maximum Gasteiger partial charge on any atom is 0.333 e. The first kappa shape index (κ1) is 22.4. The monoisotopic (exact) mass is 334 g/mol. The molecule has 0 spiro atoms. The average molecular weight is 335 g/mol. The van der Waals surface area contributed by atoms with Crippen LogP contribution in [-0.2, 0) is 9.53 Å². The molecule has 0 bridgehead atoms. The van der Waals surface area contributed by atoms with Gasteiger partial charge in [-0.15, -0.1) is 0 Å². The minimum atomic E-state index is -0.412. The fourth-order valence-corrected chi connectivity index (χ4v) is 2.17. The van der Waals surface area contributed by atoms with Crippen LogP contribution in [0.2, 0.25) is 0 Å². The Morgan fingerprint density at radius 1 is 0.917 bits per heavy atom. The fourth-order valence-electron chi connectivity index (χ4n) is 2.17. The largest absolute Gasteiger partial charge is 0.460 e. The number of hydrogen-bond donors (Lipinski definition) is 1. The molecule has 3 nitrogen and oxygen atoms in total. The highest BCUT2D eigenvalue weighted by molar-refractivity contribution is 5.87. The van der Waals surface area contributed by atoms with E-state index >= 15 is 0 Å². The quantitative estimate of drug-likeness (QED) is 0.300. The summed E-state index contributed by atoms with van der Waals surface area (Å²) < 4.78 is 4.83. The minimum Gasteiger partial charge on any atom is -0.460 e. The Hall–Kier alpha value is -1.61. The molecule has 0 amide bonds. The molecule has 0 aliphatic carbocycles. The first-order valence-electron chi connectivity index (χ1n) is 8.77. The Bertz CT molecular complexity index is 477. The maximum atomic E-state index is 11.5. The standard InChI is InChI=1S/C21H34O3/c1-17(2)9-6-10-18(3)11-7-12-19(4)13-8-14-20(5)21(23)24-16-15-22/h9,11,13,22H,5-8,10,12,14-16H2,1-4H3. The zero-order chi connectivity index (χ0) is 18.4. The highest BCUT2D eigenvalue weighted by atomic mass is 16.5. The third-order valence-corrected chi connectivity index (χ3v) is 3.67. The lowest BCUT2D eigenvalue weighted by Crippen LogP contribution is -2.10. The molecule has 0 aromatic heterocycles. The van der Waals surface area contributed by atoms with Crippen molar-refractivity contribution in [2.24, 2.45) is 0 Å². The lowest BCUT2D eigenvalue weighted by atomic mass is 10.0. The van der Waals surface area contributed by atoms with Gasteiger partial charge in [-0.1, -0.05) is 41.5 Å². The smallest absolute Gasteiger partial charge is 0.333 e. The molecular weight excluding hydrogens is 300 g/mol. The normalized spacial score (nSPS) is 12.0. The van der Waals surface area contributed by atoms with Crippen molar-refractivity contribution in [3.05, 3.63) is 47.1 Å². The molecule has 0 aromatic carbocycles. The summed E-state index contributed by atoms with van der Waals surface area (Å²) in [6, 6.07) is 0. The molecule has 1 N–H and O–H groups in total. The molecule has 0 saturated carbocycles. The van der Waals surface area contributed by atoms with Crippen LogP contribution in [0.3, 0.4) is 0 Å². The van der Waals surface area contributed by atoms with Gasteiger partial charge in [0.25, 0.3) is 0 Å². The van der Waals surface area contributed by atoms with E-state index in [4.69, 9.17) is 9.84 Å². The minimum absolute atomic E-state index is 0.0338. The van der Waals surface area contributed by atoms with Crippen LogP contribution in [0.1, 0.15) is 66.2 Å². The van der Waals surface area contributed by atoms with Crippen LogP contribution < -0.4 is 0 Å². The predicted octanol–water partition coefficient (Wildman–Crippen LogP) is 5.28. The van der Waals surface area contributed by atoms with Crippen LogP contribution >= 0.6 is 0 Å². The topological polar surface area (TPSA) is 46.5 Å². The van der Waals surface area contributed by atoms with Crippen molar-refractivity contribution in [2.75, 3.05) is 13.2 Å². The van der Waals surface area contributed by atoms with E-state index in [9.17, 15) is 4.79 Å².